The van der Waals surface area contributed by atoms with E-state index in [4.69, 9.17) is 0 Å². The van der Waals surface area contributed by atoms with Gasteiger partial charge in [0.05, 0.1) is 0 Å². The molecule has 0 aliphatic rings. The monoisotopic (exact) mass is 119 g/mol. The first-order valence-electron chi connectivity index (χ1n) is 3.05. The van der Waals surface area contributed by atoms with Crippen molar-refractivity contribution < 1.29 is 18.9 Å². The molecule has 0 rings (SSSR count). The fourth-order valence-electron chi connectivity index (χ4n) is 0.583. The van der Waals surface area contributed by atoms with Crippen molar-refractivity contribution in [2.75, 3.05) is 13.1 Å². The second-order valence-corrected chi connectivity index (χ2v) is 1.61. The molecule has 0 saturated carbocycles. The van der Waals surface area contributed by atoms with Gasteiger partial charge in [0, 0.05) is 0 Å². The number of hydrogen-bond acceptors (Lipinski definition) is 1. The van der Waals surface area contributed by atoms with Gasteiger partial charge >= 0.3 is 18.9 Å². The Bertz CT molecular complexity index is 59.9. The fraction of sp³-hybridized carbons (Fsp3) is 0.571. The van der Waals surface area contributed by atoms with Gasteiger partial charge in [-0.2, -0.15) is 6.54 Å². The largest absolute Gasteiger partial charge is 1.00 e. The van der Waals surface area contributed by atoms with Crippen LogP contribution in [0.15, 0.2) is 12.7 Å². The van der Waals surface area contributed by atoms with E-state index in [2.05, 4.69) is 25.3 Å². The summed E-state index contributed by atoms with van der Waals surface area (Å²) in [4.78, 5) is 2.19. The standard InChI is InChI=1S/C7H14N.Li/c1-4-7-8(5-2)6-3;/h4,7H,1,5-6H2,2-3H3;/q-1;+1. The summed E-state index contributed by atoms with van der Waals surface area (Å²) in [7, 11) is 0. The summed E-state index contributed by atoms with van der Waals surface area (Å²) in [5.74, 6) is 0. The minimum absolute atomic E-state index is 0. The number of likely N-dealkylation sites (N-methyl/N-ethyl adjacent to an activating group) is 1. The number of rotatable bonds is 4. The van der Waals surface area contributed by atoms with Gasteiger partial charge in [-0.1, -0.05) is 13.8 Å². The van der Waals surface area contributed by atoms with Gasteiger partial charge in [-0.15, -0.1) is 0 Å². The van der Waals surface area contributed by atoms with E-state index in [0.29, 0.717) is 0 Å². The van der Waals surface area contributed by atoms with E-state index in [1.807, 2.05) is 12.6 Å². The van der Waals surface area contributed by atoms with Crippen molar-refractivity contribution in [3.05, 3.63) is 19.2 Å². The topological polar surface area (TPSA) is 3.24 Å². The molecule has 0 N–H and O–H groups in total. The molecule has 0 saturated heterocycles. The normalized spacial score (nSPS) is 8.33. The molecular formula is C7H14LiN. The Kier molecular flexibility index (Phi) is 10.8. The van der Waals surface area contributed by atoms with Crippen molar-refractivity contribution in [2.45, 2.75) is 13.8 Å². The van der Waals surface area contributed by atoms with E-state index in [0.717, 1.165) is 13.1 Å². The molecule has 0 radical (unpaired) electrons. The molecular weight excluding hydrogens is 105 g/mol. The average molecular weight is 119 g/mol. The third kappa shape index (κ3) is 6.05. The minimum Gasteiger partial charge on any atom is -0.360 e. The van der Waals surface area contributed by atoms with E-state index in [9.17, 15) is 0 Å². The van der Waals surface area contributed by atoms with Crippen LogP contribution in [-0.4, -0.2) is 18.0 Å². The Morgan fingerprint density at radius 2 is 1.89 bits per heavy atom. The smallest absolute Gasteiger partial charge is 0.360 e. The van der Waals surface area contributed by atoms with Crippen LogP contribution in [0.2, 0.25) is 0 Å². The molecule has 0 spiro atoms. The molecule has 0 fully saturated rings. The quantitative estimate of drug-likeness (QED) is 0.328. The van der Waals surface area contributed by atoms with Crippen molar-refractivity contribution in [3.8, 4) is 0 Å². The van der Waals surface area contributed by atoms with Crippen LogP contribution in [0, 0.1) is 6.54 Å². The molecule has 0 aromatic rings. The summed E-state index contributed by atoms with van der Waals surface area (Å²) in [5, 5.41) is 0. The molecule has 0 aromatic heterocycles. The van der Waals surface area contributed by atoms with Gasteiger partial charge in [0.2, 0.25) is 0 Å². The number of hydrogen-bond donors (Lipinski definition) is 0. The molecule has 0 atom stereocenters. The zero-order chi connectivity index (χ0) is 6.41. The molecule has 0 aliphatic heterocycles. The van der Waals surface area contributed by atoms with Crippen molar-refractivity contribution >= 4 is 0 Å². The van der Waals surface area contributed by atoms with Gasteiger partial charge in [-0.05, 0) is 13.1 Å². The SMILES string of the molecule is C=C[CH-]N(CC)CC.[Li+]. The Morgan fingerprint density at radius 1 is 1.44 bits per heavy atom. The van der Waals surface area contributed by atoms with E-state index in [1.54, 1.807) is 0 Å². The predicted molar refractivity (Wildman–Crippen MR) is 37.4 cm³/mol. The van der Waals surface area contributed by atoms with Crippen molar-refractivity contribution in [1.82, 2.24) is 4.90 Å². The summed E-state index contributed by atoms with van der Waals surface area (Å²) in [6.07, 6.45) is 1.81. The molecule has 48 valence electrons. The molecule has 0 amide bonds. The number of nitrogens with zero attached hydrogens (tertiary/aromatic N) is 1. The van der Waals surface area contributed by atoms with Crippen molar-refractivity contribution in [3.63, 3.8) is 0 Å². The maximum atomic E-state index is 3.60. The maximum absolute atomic E-state index is 3.60. The predicted octanol–water partition coefficient (Wildman–Crippen LogP) is -1.32. The van der Waals surface area contributed by atoms with Gasteiger partial charge in [-0.3, -0.25) is 0 Å². The maximum Gasteiger partial charge on any atom is 1.00 e. The van der Waals surface area contributed by atoms with E-state index in [1.165, 1.54) is 0 Å². The van der Waals surface area contributed by atoms with E-state index >= 15 is 0 Å². The second-order valence-electron chi connectivity index (χ2n) is 1.61. The van der Waals surface area contributed by atoms with Crippen LogP contribution in [0.3, 0.4) is 0 Å². The Hall–Kier alpha value is 0.167. The van der Waals surface area contributed by atoms with Crippen LogP contribution in [0.5, 0.6) is 0 Å². The molecule has 0 unspecified atom stereocenters. The average Bonchev–Trinajstić information content (AvgIpc) is 1.83. The molecule has 0 aromatic carbocycles. The van der Waals surface area contributed by atoms with E-state index < -0.39 is 0 Å². The van der Waals surface area contributed by atoms with Gasteiger partial charge in [-0.25, -0.2) is 12.7 Å². The Morgan fingerprint density at radius 3 is 2.00 bits per heavy atom. The molecule has 9 heavy (non-hydrogen) atoms. The zero-order valence-corrected chi connectivity index (χ0v) is 6.72. The van der Waals surface area contributed by atoms with Crippen LogP contribution in [0.4, 0.5) is 0 Å². The van der Waals surface area contributed by atoms with Crippen LogP contribution in [0.1, 0.15) is 13.8 Å². The molecule has 1 nitrogen and oxygen atoms in total. The van der Waals surface area contributed by atoms with Gasteiger partial charge in [0.15, 0.2) is 0 Å². The Balaban J connectivity index is 0. The summed E-state index contributed by atoms with van der Waals surface area (Å²) < 4.78 is 0. The zero-order valence-electron chi connectivity index (χ0n) is 6.72. The third-order valence-corrected chi connectivity index (χ3v) is 1.13. The van der Waals surface area contributed by atoms with Crippen LogP contribution in [-0.2, 0) is 0 Å². The molecule has 0 heterocycles. The minimum atomic E-state index is 0. The van der Waals surface area contributed by atoms with Crippen molar-refractivity contribution in [1.29, 1.82) is 0 Å². The summed E-state index contributed by atoms with van der Waals surface area (Å²) in [6, 6.07) is 0. The summed E-state index contributed by atoms with van der Waals surface area (Å²) >= 11 is 0. The first-order valence-corrected chi connectivity index (χ1v) is 3.05. The second kappa shape index (κ2) is 8.17. The molecule has 0 aliphatic carbocycles. The van der Waals surface area contributed by atoms with Crippen LogP contribution < -0.4 is 18.9 Å². The Labute approximate surface area is 70.3 Å². The van der Waals surface area contributed by atoms with Gasteiger partial charge in [0.1, 0.15) is 0 Å². The first-order chi connectivity index (χ1) is 3.85. The van der Waals surface area contributed by atoms with Gasteiger partial charge in [0.25, 0.3) is 0 Å². The third-order valence-electron chi connectivity index (χ3n) is 1.13. The van der Waals surface area contributed by atoms with Crippen LogP contribution >= 0.6 is 0 Å². The van der Waals surface area contributed by atoms with Crippen LogP contribution in [0.25, 0.3) is 0 Å². The van der Waals surface area contributed by atoms with Crippen molar-refractivity contribution in [2.24, 2.45) is 0 Å². The summed E-state index contributed by atoms with van der Waals surface area (Å²) in [5.41, 5.74) is 0. The van der Waals surface area contributed by atoms with Gasteiger partial charge < -0.3 is 4.90 Å². The first kappa shape index (κ1) is 11.9. The fourth-order valence-corrected chi connectivity index (χ4v) is 0.583. The van der Waals surface area contributed by atoms with E-state index in [-0.39, 0.29) is 18.9 Å². The molecule has 2 heteroatoms. The summed E-state index contributed by atoms with van der Waals surface area (Å²) in [6.45, 7) is 12.0. The molecule has 0 bridgehead atoms.